The molecule has 0 radical (unpaired) electrons. The van der Waals surface area contributed by atoms with E-state index in [1.807, 2.05) is 26.8 Å². The largest absolute Gasteiger partial charge is 0.478 e. The lowest BCUT2D eigenvalue weighted by Gasteiger charge is -2.12. The molecule has 1 aromatic carbocycles. The van der Waals surface area contributed by atoms with Gasteiger partial charge in [-0.3, -0.25) is 9.36 Å². The summed E-state index contributed by atoms with van der Waals surface area (Å²) in [4.78, 5) is 30.7. The van der Waals surface area contributed by atoms with Gasteiger partial charge in [0.1, 0.15) is 10.7 Å². The molecule has 0 fully saturated rings. The predicted octanol–water partition coefficient (Wildman–Crippen LogP) is 3.38. The van der Waals surface area contributed by atoms with Crippen LogP contribution in [0.3, 0.4) is 0 Å². The molecule has 0 spiro atoms. The second kappa shape index (κ2) is 6.20. The highest BCUT2D eigenvalue weighted by atomic mass is 32.1. The molecule has 0 aliphatic rings. The summed E-state index contributed by atoms with van der Waals surface area (Å²) in [5.41, 5.74) is 1.91. The van der Waals surface area contributed by atoms with Crippen LogP contribution in [0.1, 0.15) is 39.1 Å². The van der Waals surface area contributed by atoms with E-state index in [2.05, 4.69) is 4.98 Å². The van der Waals surface area contributed by atoms with Crippen LogP contribution in [-0.4, -0.2) is 20.6 Å². The van der Waals surface area contributed by atoms with Gasteiger partial charge in [-0.15, -0.1) is 11.3 Å². The Kier molecular flexibility index (Phi) is 4.24. The molecule has 0 bridgehead atoms. The number of hydrogen-bond acceptors (Lipinski definition) is 4. The van der Waals surface area contributed by atoms with Crippen molar-refractivity contribution in [3.05, 3.63) is 62.0 Å². The van der Waals surface area contributed by atoms with E-state index in [0.29, 0.717) is 18.4 Å². The van der Waals surface area contributed by atoms with Gasteiger partial charge >= 0.3 is 5.97 Å². The molecule has 0 amide bonds. The van der Waals surface area contributed by atoms with Crippen molar-refractivity contribution < 1.29 is 9.90 Å². The van der Waals surface area contributed by atoms with Gasteiger partial charge in [-0.05, 0) is 37.1 Å². The molecule has 24 heavy (non-hydrogen) atoms. The first kappa shape index (κ1) is 16.4. The number of rotatable bonds is 4. The van der Waals surface area contributed by atoms with Gasteiger partial charge in [-0.25, -0.2) is 9.78 Å². The summed E-state index contributed by atoms with van der Waals surface area (Å²) in [7, 11) is 0. The third-order valence-electron chi connectivity index (χ3n) is 4.20. The molecular formula is C18H18N2O3S. The average Bonchev–Trinajstić information content (AvgIpc) is 2.85. The monoisotopic (exact) mass is 342 g/mol. The SMILES string of the molecule is CCc1nc2sc(C)c(C)c2c(=O)n1Cc1cccc(C(=O)O)c1. The second-order valence-corrected chi connectivity index (χ2v) is 6.95. The van der Waals surface area contributed by atoms with Crippen LogP contribution in [0.25, 0.3) is 10.2 Å². The van der Waals surface area contributed by atoms with Crippen LogP contribution in [0.2, 0.25) is 0 Å². The molecule has 0 aliphatic heterocycles. The first-order valence-electron chi connectivity index (χ1n) is 7.74. The van der Waals surface area contributed by atoms with Gasteiger partial charge in [0, 0.05) is 11.3 Å². The van der Waals surface area contributed by atoms with Crippen LogP contribution in [0.5, 0.6) is 0 Å². The second-order valence-electron chi connectivity index (χ2n) is 5.74. The standard InChI is InChI=1S/C18H18N2O3S/c1-4-14-19-16-15(10(2)11(3)24-16)17(21)20(14)9-12-6-5-7-13(8-12)18(22)23/h5-8H,4,9H2,1-3H3,(H,22,23). The summed E-state index contributed by atoms with van der Waals surface area (Å²) in [6.07, 6.45) is 0.639. The smallest absolute Gasteiger partial charge is 0.335 e. The summed E-state index contributed by atoms with van der Waals surface area (Å²) < 4.78 is 1.66. The fourth-order valence-corrected chi connectivity index (χ4v) is 3.83. The van der Waals surface area contributed by atoms with Gasteiger partial charge in [0.2, 0.25) is 0 Å². The van der Waals surface area contributed by atoms with Crippen molar-refractivity contribution in [1.29, 1.82) is 0 Å². The highest BCUT2D eigenvalue weighted by molar-refractivity contribution is 7.18. The highest BCUT2D eigenvalue weighted by Gasteiger charge is 2.16. The summed E-state index contributed by atoms with van der Waals surface area (Å²) in [6, 6.07) is 6.67. The number of hydrogen-bond donors (Lipinski definition) is 1. The minimum Gasteiger partial charge on any atom is -0.478 e. The number of aryl methyl sites for hydroxylation is 3. The molecule has 0 unspecified atom stereocenters. The van der Waals surface area contributed by atoms with Crippen molar-refractivity contribution in [2.75, 3.05) is 0 Å². The summed E-state index contributed by atoms with van der Waals surface area (Å²) in [5, 5.41) is 9.80. The first-order chi connectivity index (χ1) is 11.4. The molecule has 5 nitrogen and oxygen atoms in total. The third-order valence-corrected chi connectivity index (χ3v) is 5.30. The number of carboxylic acids is 1. The van der Waals surface area contributed by atoms with Crippen molar-refractivity contribution in [3.63, 3.8) is 0 Å². The predicted molar refractivity (Wildman–Crippen MR) is 95.2 cm³/mol. The molecule has 2 aromatic heterocycles. The topological polar surface area (TPSA) is 72.2 Å². The van der Waals surface area contributed by atoms with Gasteiger partial charge < -0.3 is 5.11 Å². The molecule has 3 rings (SSSR count). The molecule has 124 valence electrons. The minimum atomic E-state index is -0.974. The van der Waals surface area contributed by atoms with Crippen molar-refractivity contribution in [3.8, 4) is 0 Å². The van der Waals surface area contributed by atoms with Gasteiger partial charge in [0.05, 0.1) is 17.5 Å². The number of benzene rings is 1. The Morgan fingerprint density at radius 2 is 2.08 bits per heavy atom. The van der Waals surface area contributed by atoms with E-state index in [0.717, 1.165) is 26.7 Å². The molecule has 0 saturated carbocycles. The maximum atomic E-state index is 13.0. The number of nitrogens with zero attached hydrogens (tertiary/aromatic N) is 2. The zero-order chi connectivity index (χ0) is 17.4. The lowest BCUT2D eigenvalue weighted by atomic mass is 10.1. The molecule has 0 atom stereocenters. The summed E-state index contributed by atoms with van der Waals surface area (Å²) >= 11 is 1.54. The molecule has 3 aromatic rings. The number of aromatic nitrogens is 2. The number of carbonyl (C=O) groups is 1. The lowest BCUT2D eigenvalue weighted by Crippen LogP contribution is -2.25. The Bertz CT molecular complexity index is 1000. The van der Waals surface area contributed by atoms with Crippen LogP contribution in [0.4, 0.5) is 0 Å². The van der Waals surface area contributed by atoms with E-state index >= 15 is 0 Å². The molecule has 1 N–H and O–H groups in total. The van der Waals surface area contributed by atoms with E-state index in [9.17, 15) is 9.59 Å². The van der Waals surface area contributed by atoms with Gasteiger partial charge in [-0.1, -0.05) is 19.1 Å². The maximum Gasteiger partial charge on any atom is 0.335 e. The maximum absolute atomic E-state index is 13.0. The molecule has 0 aliphatic carbocycles. The van der Waals surface area contributed by atoms with Crippen molar-refractivity contribution in [1.82, 2.24) is 9.55 Å². The minimum absolute atomic E-state index is 0.0561. The number of thiophene rings is 1. The zero-order valence-electron chi connectivity index (χ0n) is 13.8. The Balaban J connectivity index is 2.17. The van der Waals surface area contributed by atoms with Crippen LogP contribution in [0, 0.1) is 13.8 Å². The van der Waals surface area contributed by atoms with Gasteiger partial charge in [-0.2, -0.15) is 0 Å². The molecular weight excluding hydrogens is 324 g/mol. The van der Waals surface area contributed by atoms with E-state index < -0.39 is 5.97 Å². The Morgan fingerprint density at radius 3 is 2.75 bits per heavy atom. The molecule has 2 heterocycles. The highest BCUT2D eigenvalue weighted by Crippen LogP contribution is 2.26. The van der Waals surface area contributed by atoms with E-state index in [4.69, 9.17) is 5.11 Å². The quantitative estimate of drug-likeness (QED) is 0.789. The van der Waals surface area contributed by atoms with E-state index in [1.165, 1.54) is 0 Å². The fourth-order valence-electron chi connectivity index (χ4n) is 2.79. The first-order valence-corrected chi connectivity index (χ1v) is 8.55. The van der Waals surface area contributed by atoms with Crippen molar-refractivity contribution >= 4 is 27.5 Å². The number of aromatic carboxylic acids is 1. The number of fused-ring (bicyclic) bond motifs is 1. The van der Waals surface area contributed by atoms with Crippen LogP contribution >= 0.6 is 11.3 Å². The number of carboxylic acid groups (broad SMARTS) is 1. The normalized spacial score (nSPS) is 11.1. The van der Waals surface area contributed by atoms with E-state index in [-0.39, 0.29) is 11.1 Å². The Labute approximate surface area is 143 Å². The Hall–Kier alpha value is -2.47. The summed E-state index contributed by atoms with van der Waals surface area (Å²) in [6.45, 7) is 6.22. The van der Waals surface area contributed by atoms with Crippen LogP contribution < -0.4 is 5.56 Å². The summed E-state index contributed by atoms with van der Waals surface area (Å²) in [5.74, 6) is -0.257. The van der Waals surface area contributed by atoms with Crippen LogP contribution in [-0.2, 0) is 13.0 Å². The van der Waals surface area contributed by atoms with Gasteiger partial charge in [0.25, 0.3) is 5.56 Å². The average molecular weight is 342 g/mol. The molecule has 6 heteroatoms. The Morgan fingerprint density at radius 1 is 1.33 bits per heavy atom. The lowest BCUT2D eigenvalue weighted by molar-refractivity contribution is 0.0696. The zero-order valence-corrected chi connectivity index (χ0v) is 14.6. The fraction of sp³-hybridized carbons (Fsp3) is 0.278. The van der Waals surface area contributed by atoms with Crippen molar-refractivity contribution in [2.24, 2.45) is 0 Å². The third kappa shape index (κ3) is 2.73. The van der Waals surface area contributed by atoms with Gasteiger partial charge in [0.15, 0.2) is 0 Å². The van der Waals surface area contributed by atoms with Crippen molar-refractivity contribution in [2.45, 2.75) is 33.7 Å². The molecule has 0 saturated heterocycles. The van der Waals surface area contributed by atoms with Crippen LogP contribution in [0.15, 0.2) is 29.1 Å². The van der Waals surface area contributed by atoms with E-state index in [1.54, 1.807) is 34.1 Å².